The number of rotatable bonds is 2. The highest BCUT2D eigenvalue weighted by Crippen LogP contribution is 2.28. The maximum atomic E-state index is 5.30. The summed E-state index contributed by atoms with van der Waals surface area (Å²) in [5.41, 5.74) is 3.33. The Morgan fingerprint density at radius 3 is 2.47 bits per heavy atom. The first-order valence-corrected chi connectivity index (χ1v) is 6.45. The number of para-hydroxylation sites is 1. The largest absolute Gasteiger partial charge is 0.497 e. The number of pyridine rings is 1. The van der Waals surface area contributed by atoms with Gasteiger partial charge < -0.3 is 9.72 Å². The number of benzene rings is 2. The van der Waals surface area contributed by atoms with Gasteiger partial charge in [-0.3, -0.25) is 0 Å². The van der Waals surface area contributed by atoms with Crippen LogP contribution in [0.25, 0.3) is 22.0 Å². The predicted octanol–water partition coefficient (Wildman–Crippen LogP) is 4.57. The van der Waals surface area contributed by atoms with E-state index in [0.717, 1.165) is 27.0 Å². The third-order valence-corrected chi connectivity index (χ3v) is 3.37. The molecule has 94 valence electrons. The number of ether oxygens (including phenoxy) is 1. The summed E-state index contributed by atoms with van der Waals surface area (Å²) in [6, 6.07) is 18.2. The first kappa shape index (κ1) is 11.9. The van der Waals surface area contributed by atoms with Crippen molar-refractivity contribution in [2.24, 2.45) is 0 Å². The van der Waals surface area contributed by atoms with Crippen LogP contribution in [-0.4, -0.2) is 12.1 Å². The van der Waals surface area contributed by atoms with Gasteiger partial charge in [0.15, 0.2) is 0 Å². The van der Waals surface area contributed by atoms with Crippen molar-refractivity contribution in [3.8, 4) is 16.9 Å². The average Bonchev–Trinajstić information content (AvgIpc) is 2.46. The molecule has 0 radical (unpaired) electrons. The number of H-pyrrole nitrogens is 1. The maximum absolute atomic E-state index is 5.30. The second-order valence-corrected chi connectivity index (χ2v) is 4.76. The van der Waals surface area contributed by atoms with Crippen molar-refractivity contribution in [2.45, 2.75) is 0 Å². The van der Waals surface area contributed by atoms with Gasteiger partial charge in [-0.1, -0.05) is 42.5 Å². The molecule has 0 aliphatic rings. The van der Waals surface area contributed by atoms with Crippen LogP contribution in [-0.2, 0) is 0 Å². The highest BCUT2D eigenvalue weighted by atomic mass is 32.1. The zero-order valence-corrected chi connectivity index (χ0v) is 11.3. The van der Waals surface area contributed by atoms with E-state index in [9.17, 15) is 0 Å². The highest BCUT2D eigenvalue weighted by Gasteiger charge is 2.04. The molecule has 0 atom stereocenters. The Balaban J connectivity index is 2.25. The van der Waals surface area contributed by atoms with Crippen molar-refractivity contribution in [3.63, 3.8) is 0 Å². The Hall–Kier alpha value is -2.13. The predicted molar refractivity (Wildman–Crippen MR) is 81.1 cm³/mol. The number of aromatic amines is 1. The summed E-state index contributed by atoms with van der Waals surface area (Å²) in [6.07, 6.45) is 0. The SMILES string of the molecule is COc1ccc(-c2cc(=S)[nH]c3ccccc23)cc1. The van der Waals surface area contributed by atoms with Gasteiger partial charge >= 0.3 is 0 Å². The van der Waals surface area contributed by atoms with Crippen LogP contribution in [0.5, 0.6) is 5.75 Å². The highest BCUT2D eigenvalue weighted by molar-refractivity contribution is 7.71. The van der Waals surface area contributed by atoms with Crippen LogP contribution in [0.1, 0.15) is 0 Å². The summed E-state index contributed by atoms with van der Waals surface area (Å²) in [4.78, 5) is 3.21. The molecule has 1 heterocycles. The number of fused-ring (bicyclic) bond motifs is 1. The zero-order chi connectivity index (χ0) is 13.2. The summed E-state index contributed by atoms with van der Waals surface area (Å²) in [7, 11) is 1.67. The van der Waals surface area contributed by atoms with E-state index in [0.29, 0.717) is 0 Å². The molecule has 19 heavy (non-hydrogen) atoms. The molecule has 2 aromatic carbocycles. The second-order valence-electron chi connectivity index (χ2n) is 4.32. The Bertz CT molecular complexity index is 775. The molecule has 0 bridgehead atoms. The molecule has 0 aliphatic heterocycles. The zero-order valence-electron chi connectivity index (χ0n) is 10.5. The van der Waals surface area contributed by atoms with Crippen molar-refractivity contribution in [1.82, 2.24) is 4.98 Å². The molecule has 0 amide bonds. The van der Waals surface area contributed by atoms with E-state index in [1.807, 2.05) is 36.4 Å². The molecular weight excluding hydrogens is 254 g/mol. The topological polar surface area (TPSA) is 25.0 Å². The van der Waals surface area contributed by atoms with Gasteiger partial charge in [0.25, 0.3) is 0 Å². The summed E-state index contributed by atoms with van der Waals surface area (Å²) < 4.78 is 5.93. The van der Waals surface area contributed by atoms with Gasteiger partial charge in [0.1, 0.15) is 10.4 Å². The number of hydrogen-bond donors (Lipinski definition) is 1. The van der Waals surface area contributed by atoms with E-state index in [4.69, 9.17) is 17.0 Å². The van der Waals surface area contributed by atoms with Gasteiger partial charge in [0.2, 0.25) is 0 Å². The lowest BCUT2D eigenvalue weighted by Gasteiger charge is -2.08. The Morgan fingerprint density at radius 1 is 1.00 bits per heavy atom. The molecule has 0 spiro atoms. The molecule has 3 aromatic rings. The summed E-state index contributed by atoms with van der Waals surface area (Å²) in [6.45, 7) is 0. The number of nitrogens with one attached hydrogen (secondary N) is 1. The fourth-order valence-electron chi connectivity index (χ4n) is 2.21. The number of methoxy groups -OCH3 is 1. The van der Waals surface area contributed by atoms with Crippen LogP contribution in [0.2, 0.25) is 0 Å². The van der Waals surface area contributed by atoms with Crippen molar-refractivity contribution in [2.75, 3.05) is 7.11 Å². The van der Waals surface area contributed by atoms with Crippen molar-refractivity contribution >= 4 is 23.1 Å². The first-order chi connectivity index (χ1) is 9.28. The minimum Gasteiger partial charge on any atom is -0.497 e. The van der Waals surface area contributed by atoms with Crippen LogP contribution in [0, 0.1) is 4.64 Å². The van der Waals surface area contributed by atoms with Gasteiger partial charge in [-0.15, -0.1) is 0 Å². The molecule has 0 saturated carbocycles. The third kappa shape index (κ3) is 2.25. The Kier molecular flexibility index (Phi) is 3.05. The van der Waals surface area contributed by atoms with E-state index in [2.05, 4.69) is 23.2 Å². The van der Waals surface area contributed by atoms with E-state index in [1.54, 1.807) is 7.11 Å². The van der Waals surface area contributed by atoms with Gasteiger partial charge in [-0.05, 0) is 35.4 Å². The van der Waals surface area contributed by atoms with E-state index >= 15 is 0 Å². The lowest BCUT2D eigenvalue weighted by Crippen LogP contribution is -1.86. The van der Waals surface area contributed by atoms with E-state index in [1.165, 1.54) is 5.39 Å². The monoisotopic (exact) mass is 267 g/mol. The lowest BCUT2D eigenvalue weighted by molar-refractivity contribution is 0.415. The average molecular weight is 267 g/mol. The van der Waals surface area contributed by atoms with Crippen molar-refractivity contribution in [1.29, 1.82) is 0 Å². The van der Waals surface area contributed by atoms with Gasteiger partial charge in [0, 0.05) is 10.9 Å². The van der Waals surface area contributed by atoms with Gasteiger partial charge in [0.05, 0.1) is 7.11 Å². The molecule has 1 N–H and O–H groups in total. The quantitative estimate of drug-likeness (QED) is 0.688. The molecular formula is C16H13NOS. The number of hydrogen-bond acceptors (Lipinski definition) is 2. The molecule has 0 fully saturated rings. The summed E-state index contributed by atoms with van der Waals surface area (Å²) in [5.74, 6) is 0.856. The first-order valence-electron chi connectivity index (χ1n) is 6.04. The molecule has 0 saturated heterocycles. The third-order valence-electron chi connectivity index (χ3n) is 3.15. The van der Waals surface area contributed by atoms with Crippen LogP contribution < -0.4 is 4.74 Å². The van der Waals surface area contributed by atoms with Crippen LogP contribution in [0.15, 0.2) is 54.6 Å². The molecule has 0 unspecified atom stereocenters. The fourth-order valence-corrected chi connectivity index (χ4v) is 2.44. The van der Waals surface area contributed by atoms with Crippen molar-refractivity contribution in [3.05, 3.63) is 59.2 Å². The fraction of sp³-hybridized carbons (Fsp3) is 0.0625. The van der Waals surface area contributed by atoms with Crippen molar-refractivity contribution < 1.29 is 4.74 Å². The molecule has 3 rings (SSSR count). The van der Waals surface area contributed by atoms with Gasteiger partial charge in [-0.2, -0.15) is 0 Å². The maximum Gasteiger partial charge on any atom is 0.118 e. The smallest absolute Gasteiger partial charge is 0.118 e. The number of aromatic nitrogens is 1. The second kappa shape index (κ2) is 4.86. The minimum atomic E-state index is 0.740. The molecule has 3 heteroatoms. The lowest BCUT2D eigenvalue weighted by atomic mass is 10.0. The van der Waals surface area contributed by atoms with Gasteiger partial charge in [-0.25, -0.2) is 0 Å². The van der Waals surface area contributed by atoms with Crippen LogP contribution in [0.3, 0.4) is 0 Å². The summed E-state index contributed by atoms with van der Waals surface area (Å²) in [5, 5.41) is 1.17. The molecule has 2 nitrogen and oxygen atoms in total. The van der Waals surface area contributed by atoms with Crippen LogP contribution >= 0.6 is 12.2 Å². The summed E-state index contributed by atoms with van der Waals surface area (Å²) >= 11 is 5.30. The molecule has 0 aliphatic carbocycles. The van der Waals surface area contributed by atoms with E-state index in [-0.39, 0.29) is 0 Å². The standard InChI is InChI=1S/C16H13NOS/c1-18-12-8-6-11(7-9-12)14-10-16(19)17-15-5-3-2-4-13(14)15/h2-10H,1H3,(H,17,19). The molecule has 1 aromatic heterocycles. The normalized spacial score (nSPS) is 10.6. The Morgan fingerprint density at radius 2 is 1.74 bits per heavy atom. The van der Waals surface area contributed by atoms with Crippen LogP contribution in [0.4, 0.5) is 0 Å². The Labute approximate surface area is 116 Å². The van der Waals surface area contributed by atoms with E-state index < -0.39 is 0 Å². The minimum absolute atomic E-state index is 0.740.